The Kier molecular flexibility index (Phi) is 5.22. The van der Waals surface area contributed by atoms with Gasteiger partial charge < -0.3 is 19.4 Å². The number of aromatic nitrogens is 3. The number of aryl methyl sites for hydroxylation is 1. The van der Waals surface area contributed by atoms with Crippen LogP contribution in [0.25, 0.3) is 10.2 Å². The molecule has 0 atom stereocenters. The molecular weight excluding hydrogens is 400 g/mol. The van der Waals surface area contributed by atoms with Gasteiger partial charge in [-0.05, 0) is 25.1 Å². The Morgan fingerprint density at radius 1 is 1.00 bits per heavy atom. The van der Waals surface area contributed by atoms with E-state index < -0.39 is 0 Å². The van der Waals surface area contributed by atoms with Gasteiger partial charge >= 0.3 is 0 Å². The predicted molar refractivity (Wildman–Crippen MR) is 118 cm³/mol. The maximum atomic E-state index is 13.0. The van der Waals surface area contributed by atoms with Gasteiger partial charge in [0.2, 0.25) is 5.95 Å². The molecule has 5 rings (SSSR count). The number of anilines is 2. The highest BCUT2D eigenvalue weighted by Gasteiger charge is 2.25. The van der Waals surface area contributed by atoms with E-state index in [2.05, 4.69) is 19.8 Å². The topological polar surface area (TPSA) is 74.7 Å². The molecule has 0 saturated carbocycles. The van der Waals surface area contributed by atoms with Crippen LogP contribution in [0.15, 0.2) is 29.8 Å². The molecule has 1 amide bonds. The summed E-state index contributed by atoms with van der Waals surface area (Å²) in [6, 6.07) is 7.77. The van der Waals surface area contributed by atoms with Gasteiger partial charge in [-0.3, -0.25) is 4.79 Å². The number of piperazine rings is 1. The quantitative estimate of drug-likeness (QED) is 0.638. The van der Waals surface area contributed by atoms with Crippen molar-refractivity contribution in [2.45, 2.75) is 6.92 Å². The van der Waals surface area contributed by atoms with Crippen molar-refractivity contribution in [2.75, 3.05) is 62.3 Å². The van der Waals surface area contributed by atoms with Crippen molar-refractivity contribution in [1.29, 1.82) is 0 Å². The molecule has 2 aromatic heterocycles. The number of fused-ring (bicyclic) bond motifs is 1. The lowest BCUT2D eigenvalue weighted by Crippen LogP contribution is -2.49. The summed E-state index contributed by atoms with van der Waals surface area (Å²) in [6.45, 7) is 7.92. The SMILES string of the molecule is Cc1cc(N2CCOCC2)nc(N2CCN(C(=O)c3ccc4ncsc4c3)CC2)n1. The minimum atomic E-state index is 0.0733. The molecule has 2 aliphatic rings. The molecule has 4 heterocycles. The summed E-state index contributed by atoms with van der Waals surface area (Å²) < 4.78 is 6.50. The van der Waals surface area contributed by atoms with Gasteiger partial charge in [0.05, 0.1) is 28.9 Å². The van der Waals surface area contributed by atoms with Crippen LogP contribution in [0.5, 0.6) is 0 Å². The second-order valence-corrected chi connectivity index (χ2v) is 8.47. The van der Waals surface area contributed by atoms with Gasteiger partial charge in [0.15, 0.2) is 0 Å². The molecule has 0 N–H and O–H groups in total. The molecule has 0 bridgehead atoms. The fourth-order valence-corrected chi connectivity index (χ4v) is 4.63. The molecule has 0 aliphatic carbocycles. The van der Waals surface area contributed by atoms with Crippen LogP contribution in [0.1, 0.15) is 16.1 Å². The number of carbonyl (C=O) groups excluding carboxylic acids is 1. The van der Waals surface area contributed by atoms with Gasteiger partial charge in [0, 0.05) is 56.6 Å². The molecular formula is C21H24N6O2S. The van der Waals surface area contributed by atoms with Crippen LogP contribution >= 0.6 is 11.3 Å². The van der Waals surface area contributed by atoms with E-state index in [9.17, 15) is 4.79 Å². The summed E-state index contributed by atoms with van der Waals surface area (Å²) in [6.07, 6.45) is 0. The zero-order valence-corrected chi connectivity index (χ0v) is 17.8. The van der Waals surface area contributed by atoms with Gasteiger partial charge in [-0.2, -0.15) is 4.98 Å². The van der Waals surface area contributed by atoms with Crippen molar-refractivity contribution in [3.05, 3.63) is 41.0 Å². The molecule has 9 heteroatoms. The Morgan fingerprint density at radius 2 is 1.80 bits per heavy atom. The molecule has 2 fully saturated rings. The van der Waals surface area contributed by atoms with Gasteiger partial charge in [-0.15, -0.1) is 11.3 Å². The molecule has 3 aromatic rings. The van der Waals surface area contributed by atoms with E-state index in [1.807, 2.05) is 41.6 Å². The lowest BCUT2D eigenvalue weighted by Gasteiger charge is -2.35. The van der Waals surface area contributed by atoms with Crippen molar-refractivity contribution in [1.82, 2.24) is 19.9 Å². The first kappa shape index (κ1) is 19.2. The summed E-state index contributed by atoms with van der Waals surface area (Å²) >= 11 is 1.56. The van der Waals surface area contributed by atoms with Crippen LogP contribution in [0.2, 0.25) is 0 Å². The van der Waals surface area contributed by atoms with E-state index in [-0.39, 0.29) is 5.91 Å². The van der Waals surface area contributed by atoms with E-state index in [4.69, 9.17) is 9.72 Å². The van der Waals surface area contributed by atoms with Crippen LogP contribution < -0.4 is 9.80 Å². The summed E-state index contributed by atoms with van der Waals surface area (Å²) in [4.78, 5) is 33.1. The van der Waals surface area contributed by atoms with E-state index in [0.717, 1.165) is 72.6 Å². The van der Waals surface area contributed by atoms with E-state index >= 15 is 0 Å². The van der Waals surface area contributed by atoms with Gasteiger partial charge in [0.25, 0.3) is 5.91 Å². The number of rotatable bonds is 3. The lowest BCUT2D eigenvalue weighted by molar-refractivity contribution is 0.0746. The molecule has 156 valence electrons. The van der Waals surface area contributed by atoms with Crippen molar-refractivity contribution in [2.24, 2.45) is 0 Å². The fraction of sp³-hybridized carbons (Fsp3) is 0.429. The summed E-state index contributed by atoms with van der Waals surface area (Å²) in [5.74, 6) is 1.77. The summed E-state index contributed by atoms with van der Waals surface area (Å²) in [5, 5.41) is 0. The Hall–Kier alpha value is -2.78. The minimum absolute atomic E-state index is 0.0733. The van der Waals surface area contributed by atoms with Gasteiger partial charge in [-0.1, -0.05) is 0 Å². The van der Waals surface area contributed by atoms with Crippen LogP contribution in [-0.4, -0.2) is 78.2 Å². The Balaban J connectivity index is 1.27. The third-order valence-corrected chi connectivity index (χ3v) is 6.38. The highest BCUT2D eigenvalue weighted by atomic mass is 32.1. The second-order valence-electron chi connectivity index (χ2n) is 7.58. The number of ether oxygens (including phenoxy) is 1. The minimum Gasteiger partial charge on any atom is -0.378 e. The standard InChI is InChI=1S/C21H24N6O2S/c1-15-12-19(25-8-10-29-11-9-25)24-21(23-15)27-6-4-26(5-7-27)20(28)16-2-3-17-18(13-16)30-14-22-17/h2-3,12-14H,4-11H2,1H3. The average Bonchev–Trinajstić information content (AvgIpc) is 3.27. The third kappa shape index (κ3) is 3.82. The number of nitrogens with zero attached hydrogens (tertiary/aromatic N) is 6. The third-order valence-electron chi connectivity index (χ3n) is 5.59. The van der Waals surface area contributed by atoms with E-state index in [0.29, 0.717) is 13.1 Å². The average molecular weight is 425 g/mol. The van der Waals surface area contributed by atoms with Crippen LogP contribution in [0, 0.1) is 6.92 Å². The monoisotopic (exact) mass is 424 g/mol. The first-order chi connectivity index (χ1) is 14.7. The number of thiazole rings is 1. The lowest BCUT2D eigenvalue weighted by atomic mass is 10.1. The highest BCUT2D eigenvalue weighted by Crippen LogP contribution is 2.22. The first-order valence-corrected chi connectivity index (χ1v) is 11.1. The molecule has 0 radical (unpaired) electrons. The number of benzene rings is 1. The first-order valence-electron chi connectivity index (χ1n) is 10.2. The molecule has 1 aromatic carbocycles. The Labute approximate surface area is 179 Å². The van der Waals surface area contributed by atoms with E-state index in [1.165, 1.54) is 0 Å². The van der Waals surface area contributed by atoms with Crippen LogP contribution in [0.3, 0.4) is 0 Å². The molecule has 2 aliphatic heterocycles. The van der Waals surface area contributed by atoms with E-state index in [1.54, 1.807) is 11.3 Å². The predicted octanol–water partition coefficient (Wildman–Crippen LogP) is 2.19. The van der Waals surface area contributed by atoms with Crippen molar-refractivity contribution >= 4 is 39.2 Å². The van der Waals surface area contributed by atoms with Crippen LogP contribution in [-0.2, 0) is 4.74 Å². The maximum absolute atomic E-state index is 13.0. The number of morpholine rings is 1. The molecule has 30 heavy (non-hydrogen) atoms. The normalized spacial score (nSPS) is 17.6. The summed E-state index contributed by atoms with van der Waals surface area (Å²) in [5.41, 5.74) is 4.43. The zero-order chi connectivity index (χ0) is 20.5. The smallest absolute Gasteiger partial charge is 0.254 e. The zero-order valence-electron chi connectivity index (χ0n) is 17.0. The molecule has 0 unspecified atom stereocenters. The van der Waals surface area contributed by atoms with Crippen molar-refractivity contribution < 1.29 is 9.53 Å². The highest BCUT2D eigenvalue weighted by molar-refractivity contribution is 7.16. The van der Waals surface area contributed by atoms with Gasteiger partial charge in [-0.25, -0.2) is 9.97 Å². The van der Waals surface area contributed by atoms with Gasteiger partial charge in [0.1, 0.15) is 5.82 Å². The number of amides is 1. The molecule has 0 spiro atoms. The van der Waals surface area contributed by atoms with Crippen molar-refractivity contribution in [3.8, 4) is 0 Å². The van der Waals surface area contributed by atoms with Crippen molar-refractivity contribution in [3.63, 3.8) is 0 Å². The maximum Gasteiger partial charge on any atom is 0.254 e. The summed E-state index contributed by atoms with van der Waals surface area (Å²) in [7, 11) is 0. The fourth-order valence-electron chi connectivity index (χ4n) is 3.91. The number of hydrogen-bond acceptors (Lipinski definition) is 8. The number of carbonyl (C=O) groups is 1. The Morgan fingerprint density at radius 3 is 2.60 bits per heavy atom. The molecule has 8 nitrogen and oxygen atoms in total. The second kappa shape index (κ2) is 8.16. The molecule has 2 saturated heterocycles. The Bertz CT molecular complexity index is 1060. The largest absolute Gasteiger partial charge is 0.378 e. The number of hydrogen-bond donors (Lipinski definition) is 0. The van der Waals surface area contributed by atoms with Crippen LogP contribution in [0.4, 0.5) is 11.8 Å².